The Balaban J connectivity index is 0.00000242. The van der Waals surface area contributed by atoms with Crippen molar-refractivity contribution in [2.24, 2.45) is 11.3 Å². The Labute approximate surface area is 139 Å². The van der Waals surface area contributed by atoms with Crippen LogP contribution in [0, 0.1) is 11.3 Å². The molecule has 6 heteroatoms. The van der Waals surface area contributed by atoms with Crippen molar-refractivity contribution in [2.75, 3.05) is 13.1 Å². The Kier molecular flexibility index (Phi) is 5.90. The largest absolute Gasteiger partial charge is 0.481 e. The van der Waals surface area contributed by atoms with Crippen LogP contribution in [0.25, 0.3) is 0 Å². The molecule has 2 fully saturated rings. The van der Waals surface area contributed by atoms with E-state index in [0.717, 1.165) is 32.2 Å². The van der Waals surface area contributed by atoms with Gasteiger partial charge in [-0.1, -0.05) is 13.3 Å². The van der Waals surface area contributed by atoms with Gasteiger partial charge in [-0.2, -0.15) is 0 Å². The number of halogens is 1. The van der Waals surface area contributed by atoms with Crippen LogP contribution in [-0.4, -0.2) is 46.6 Å². The lowest BCUT2D eigenvalue weighted by Crippen LogP contribution is -2.52. The number of carbonyl (C=O) groups is 2. The van der Waals surface area contributed by atoms with Gasteiger partial charge in [0.15, 0.2) is 0 Å². The maximum Gasteiger partial charge on any atom is 0.311 e. The van der Waals surface area contributed by atoms with Crippen molar-refractivity contribution in [2.45, 2.75) is 65.0 Å². The molecule has 1 aliphatic heterocycles. The number of nitrogens with zero attached hydrogens (tertiary/aromatic N) is 1. The van der Waals surface area contributed by atoms with E-state index in [1.807, 2.05) is 27.7 Å². The van der Waals surface area contributed by atoms with E-state index in [9.17, 15) is 14.7 Å². The second-order valence-corrected chi connectivity index (χ2v) is 7.38. The summed E-state index contributed by atoms with van der Waals surface area (Å²) < 4.78 is 0. The second-order valence-electron chi connectivity index (χ2n) is 7.38. The Morgan fingerprint density at radius 3 is 2.59 bits per heavy atom. The molecule has 1 aliphatic carbocycles. The maximum atomic E-state index is 12.4. The van der Waals surface area contributed by atoms with Crippen molar-refractivity contribution in [1.82, 2.24) is 10.2 Å². The molecule has 5 nitrogen and oxygen atoms in total. The minimum absolute atomic E-state index is 0. The molecule has 0 spiro atoms. The molecule has 0 aromatic rings. The third kappa shape index (κ3) is 3.40. The summed E-state index contributed by atoms with van der Waals surface area (Å²) in [6.07, 6.45) is 3.58. The van der Waals surface area contributed by atoms with Crippen molar-refractivity contribution in [1.29, 1.82) is 0 Å². The van der Waals surface area contributed by atoms with Crippen LogP contribution in [0.1, 0.15) is 53.4 Å². The summed E-state index contributed by atoms with van der Waals surface area (Å²) in [6, 6.07) is -0.266. The molecule has 0 aromatic heterocycles. The molecule has 2 aliphatic rings. The van der Waals surface area contributed by atoms with Gasteiger partial charge in [-0.3, -0.25) is 14.5 Å². The number of carbonyl (C=O) groups excluding carboxylic acids is 1. The monoisotopic (exact) mass is 332 g/mol. The SMILES string of the molecule is CCC(C)(C)NC(=O)C(C)N1C[C@@H]2CCC[C@@]2(C(=O)O)C1.Cl. The van der Waals surface area contributed by atoms with Crippen molar-refractivity contribution in [3.05, 3.63) is 0 Å². The Morgan fingerprint density at radius 2 is 2.09 bits per heavy atom. The first kappa shape index (κ1) is 19.2. The van der Waals surface area contributed by atoms with E-state index in [1.54, 1.807) is 0 Å². The van der Waals surface area contributed by atoms with E-state index >= 15 is 0 Å². The van der Waals surface area contributed by atoms with E-state index < -0.39 is 11.4 Å². The zero-order chi connectivity index (χ0) is 15.8. The number of aliphatic carboxylic acids is 1. The number of carboxylic acids is 1. The van der Waals surface area contributed by atoms with Gasteiger partial charge in [0.2, 0.25) is 5.91 Å². The molecule has 1 heterocycles. The molecule has 0 radical (unpaired) electrons. The average Bonchev–Trinajstić information content (AvgIpc) is 2.94. The van der Waals surface area contributed by atoms with Gasteiger partial charge in [0.1, 0.15) is 0 Å². The van der Waals surface area contributed by atoms with Crippen LogP contribution in [0.5, 0.6) is 0 Å². The average molecular weight is 333 g/mol. The predicted molar refractivity (Wildman–Crippen MR) is 88.2 cm³/mol. The Hall–Kier alpha value is -0.810. The summed E-state index contributed by atoms with van der Waals surface area (Å²) in [5.74, 6) is -0.485. The van der Waals surface area contributed by atoms with Gasteiger partial charge in [-0.25, -0.2) is 0 Å². The summed E-state index contributed by atoms with van der Waals surface area (Å²) in [5, 5.41) is 12.7. The molecule has 0 aromatic carbocycles. The Bertz CT molecular complexity index is 441. The van der Waals surface area contributed by atoms with Crippen LogP contribution < -0.4 is 5.32 Å². The second kappa shape index (κ2) is 6.75. The molecule has 3 atom stereocenters. The normalized spacial score (nSPS) is 29.5. The highest BCUT2D eigenvalue weighted by Crippen LogP contribution is 2.49. The van der Waals surface area contributed by atoms with E-state index in [0.29, 0.717) is 6.54 Å². The lowest BCUT2D eigenvalue weighted by molar-refractivity contribution is -0.149. The Morgan fingerprint density at radius 1 is 1.45 bits per heavy atom. The van der Waals surface area contributed by atoms with Gasteiger partial charge < -0.3 is 10.4 Å². The highest BCUT2D eigenvalue weighted by Gasteiger charge is 2.55. The van der Waals surface area contributed by atoms with E-state index in [2.05, 4.69) is 10.2 Å². The third-order valence-electron chi connectivity index (χ3n) is 5.60. The number of hydrogen-bond acceptors (Lipinski definition) is 3. The van der Waals surface area contributed by atoms with E-state index in [1.165, 1.54) is 0 Å². The van der Waals surface area contributed by atoms with Gasteiger partial charge in [-0.15, -0.1) is 12.4 Å². The number of nitrogens with one attached hydrogen (secondary N) is 1. The fraction of sp³-hybridized carbons (Fsp3) is 0.875. The number of fused-ring (bicyclic) bond motifs is 1. The minimum Gasteiger partial charge on any atom is -0.481 e. The topological polar surface area (TPSA) is 69.6 Å². The van der Waals surface area contributed by atoms with Crippen molar-refractivity contribution in [3.8, 4) is 0 Å². The maximum absolute atomic E-state index is 12.4. The van der Waals surface area contributed by atoms with Crippen molar-refractivity contribution in [3.63, 3.8) is 0 Å². The summed E-state index contributed by atoms with van der Waals surface area (Å²) in [7, 11) is 0. The molecule has 2 N–H and O–H groups in total. The smallest absolute Gasteiger partial charge is 0.311 e. The number of hydrogen-bond donors (Lipinski definition) is 2. The molecule has 128 valence electrons. The molecular formula is C16H29ClN2O3. The summed E-state index contributed by atoms with van der Waals surface area (Å²) in [6.45, 7) is 9.19. The quantitative estimate of drug-likeness (QED) is 0.810. The van der Waals surface area contributed by atoms with Gasteiger partial charge in [-0.05, 0) is 46.0 Å². The first-order valence-electron chi connectivity index (χ1n) is 8.01. The van der Waals surface area contributed by atoms with Crippen LogP contribution in [-0.2, 0) is 9.59 Å². The summed E-state index contributed by atoms with van der Waals surface area (Å²) in [4.78, 5) is 26.1. The van der Waals surface area contributed by atoms with Crippen molar-refractivity contribution >= 4 is 24.3 Å². The van der Waals surface area contributed by atoms with E-state index in [4.69, 9.17) is 0 Å². The number of rotatable bonds is 5. The highest BCUT2D eigenvalue weighted by atomic mass is 35.5. The molecule has 1 amide bonds. The molecule has 2 rings (SSSR count). The fourth-order valence-electron chi connectivity index (χ4n) is 3.66. The van der Waals surface area contributed by atoms with Gasteiger partial charge in [0, 0.05) is 18.6 Å². The standard InChI is InChI=1S/C16H28N2O3.ClH/c1-5-15(3,4)17-13(19)11(2)18-9-12-7-6-8-16(12,10-18)14(20)21;/h11-12H,5-10H2,1-4H3,(H,17,19)(H,20,21);1H/t11?,12-,16+;/m0./s1. The number of carboxylic acid groups (broad SMARTS) is 1. The summed E-state index contributed by atoms with van der Waals surface area (Å²) in [5.41, 5.74) is -0.833. The third-order valence-corrected chi connectivity index (χ3v) is 5.60. The minimum atomic E-state index is -0.686. The first-order valence-corrected chi connectivity index (χ1v) is 8.01. The molecule has 0 bridgehead atoms. The van der Waals surface area contributed by atoms with E-state index in [-0.39, 0.29) is 35.8 Å². The summed E-state index contributed by atoms with van der Waals surface area (Å²) >= 11 is 0. The molecule has 1 unspecified atom stereocenters. The fourth-order valence-corrected chi connectivity index (χ4v) is 3.66. The number of likely N-dealkylation sites (tertiary alicyclic amines) is 1. The predicted octanol–water partition coefficient (Wildman–Crippen LogP) is 2.29. The van der Waals surface area contributed by atoms with Crippen molar-refractivity contribution < 1.29 is 14.7 Å². The van der Waals surface area contributed by atoms with Gasteiger partial charge in [0.05, 0.1) is 11.5 Å². The molecule has 1 saturated heterocycles. The molecule has 1 saturated carbocycles. The zero-order valence-electron chi connectivity index (χ0n) is 14.0. The van der Waals surface area contributed by atoms with Crippen LogP contribution in [0.3, 0.4) is 0 Å². The highest BCUT2D eigenvalue weighted by molar-refractivity contribution is 5.85. The van der Waals surface area contributed by atoms with Crippen LogP contribution >= 0.6 is 12.4 Å². The molecule has 22 heavy (non-hydrogen) atoms. The van der Waals surface area contributed by atoms with Crippen LogP contribution in [0.15, 0.2) is 0 Å². The zero-order valence-corrected chi connectivity index (χ0v) is 14.8. The molecular weight excluding hydrogens is 304 g/mol. The van der Waals surface area contributed by atoms with Crippen LogP contribution in [0.2, 0.25) is 0 Å². The van der Waals surface area contributed by atoms with Gasteiger partial charge >= 0.3 is 5.97 Å². The van der Waals surface area contributed by atoms with Gasteiger partial charge in [0.25, 0.3) is 0 Å². The lowest BCUT2D eigenvalue weighted by Gasteiger charge is -2.31. The lowest BCUT2D eigenvalue weighted by atomic mass is 9.81. The number of amides is 1. The van der Waals surface area contributed by atoms with Crippen LogP contribution in [0.4, 0.5) is 0 Å². The first-order chi connectivity index (χ1) is 9.72.